The van der Waals surface area contributed by atoms with Crippen LogP contribution in [0.15, 0.2) is 30.3 Å². The number of rotatable bonds is 6. The highest BCUT2D eigenvalue weighted by Crippen LogP contribution is 2.20. The third kappa shape index (κ3) is 4.33. The molecule has 0 heterocycles. The van der Waals surface area contributed by atoms with Crippen molar-refractivity contribution in [3.8, 4) is 0 Å². The molecule has 0 aliphatic rings. The molecule has 1 rings (SSSR count). The second-order valence-electron chi connectivity index (χ2n) is 3.88. The first-order valence-electron chi connectivity index (χ1n) is 5.38. The van der Waals surface area contributed by atoms with Gasteiger partial charge in [-0.25, -0.2) is 0 Å². The van der Waals surface area contributed by atoms with Gasteiger partial charge in [0.25, 0.3) is 10.1 Å². The lowest BCUT2D eigenvalue weighted by Gasteiger charge is -2.11. The summed E-state index contributed by atoms with van der Waals surface area (Å²) in [4.78, 5) is 0. The Morgan fingerprint density at radius 2 is 1.88 bits per heavy atom. The normalized spacial score (nSPS) is 13.6. The van der Waals surface area contributed by atoms with Gasteiger partial charge in [0.15, 0.2) is 0 Å². The van der Waals surface area contributed by atoms with E-state index >= 15 is 0 Å². The minimum absolute atomic E-state index is 0.0979. The molecule has 0 amide bonds. The van der Waals surface area contributed by atoms with Crippen molar-refractivity contribution < 1.29 is 12.6 Å². The lowest BCUT2D eigenvalue weighted by molar-refractivity contribution is 0.395. The fourth-order valence-corrected chi connectivity index (χ4v) is 2.28. The van der Waals surface area contributed by atoms with Crippen molar-refractivity contribution in [2.45, 2.75) is 25.7 Å². The van der Waals surface area contributed by atoms with Gasteiger partial charge in [0.2, 0.25) is 0 Å². The van der Waals surface area contributed by atoms with Gasteiger partial charge >= 0.3 is 0 Å². The van der Waals surface area contributed by atoms with Gasteiger partial charge in [-0.2, -0.15) is 8.42 Å². The number of hydrogen-bond acceptors (Lipinski definition) is 3. The molecule has 1 unspecified atom stereocenters. The van der Waals surface area contributed by atoms with E-state index in [1.807, 2.05) is 18.2 Å². The molecule has 90 valence electrons. The van der Waals surface area contributed by atoms with E-state index in [4.69, 9.17) is 0 Å². The Kier molecular flexibility index (Phi) is 4.96. The van der Waals surface area contributed by atoms with Crippen LogP contribution in [0.3, 0.4) is 0 Å². The molecule has 1 aromatic rings. The minimum Gasteiger partial charge on any atom is -0.273 e. The zero-order valence-corrected chi connectivity index (χ0v) is 10.5. The summed E-state index contributed by atoms with van der Waals surface area (Å²) >= 11 is 0. The summed E-state index contributed by atoms with van der Waals surface area (Å²) in [7, 11) is -2.09. The number of hydrogen-bond donors (Lipinski definition) is 0. The molecule has 0 aromatic heterocycles. The van der Waals surface area contributed by atoms with Crippen LogP contribution in [0.4, 0.5) is 0 Å². The topological polar surface area (TPSA) is 43.4 Å². The third-order valence-corrected chi connectivity index (χ3v) is 3.95. The average Bonchev–Trinajstić information content (AvgIpc) is 2.30. The van der Waals surface area contributed by atoms with Crippen LogP contribution in [0, 0.1) is 0 Å². The molecule has 0 saturated heterocycles. The van der Waals surface area contributed by atoms with Gasteiger partial charge in [0.05, 0.1) is 12.9 Å². The van der Waals surface area contributed by atoms with Gasteiger partial charge in [-0.15, -0.1) is 0 Å². The zero-order valence-electron chi connectivity index (χ0n) is 9.72. The van der Waals surface area contributed by atoms with Gasteiger partial charge in [-0.3, -0.25) is 4.18 Å². The Labute approximate surface area is 97.6 Å². The molecule has 3 nitrogen and oxygen atoms in total. The van der Waals surface area contributed by atoms with Crippen molar-refractivity contribution in [2.24, 2.45) is 0 Å². The monoisotopic (exact) mass is 242 g/mol. The van der Waals surface area contributed by atoms with E-state index in [9.17, 15) is 8.42 Å². The molecule has 16 heavy (non-hydrogen) atoms. The van der Waals surface area contributed by atoms with Gasteiger partial charge in [0.1, 0.15) is 0 Å². The van der Waals surface area contributed by atoms with Crippen molar-refractivity contribution >= 4 is 10.1 Å². The van der Waals surface area contributed by atoms with E-state index in [0.29, 0.717) is 12.3 Å². The van der Waals surface area contributed by atoms with E-state index in [0.717, 1.165) is 6.42 Å². The first-order valence-corrected chi connectivity index (χ1v) is 6.96. The summed E-state index contributed by atoms with van der Waals surface area (Å²) in [5, 5.41) is 0. The highest BCUT2D eigenvalue weighted by molar-refractivity contribution is 7.86. The van der Waals surface area contributed by atoms with Gasteiger partial charge in [0, 0.05) is 0 Å². The van der Waals surface area contributed by atoms with E-state index < -0.39 is 10.1 Å². The van der Waals surface area contributed by atoms with Crippen LogP contribution in [0.2, 0.25) is 0 Å². The number of benzene rings is 1. The molecule has 0 aliphatic heterocycles. The smallest absolute Gasteiger partial charge is 0.267 e. The summed E-state index contributed by atoms with van der Waals surface area (Å²) in [5.41, 5.74) is 1.25. The molecule has 1 atom stereocenters. The zero-order chi connectivity index (χ0) is 12.0. The van der Waals surface area contributed by atoms with Gasteiger partial charge < -0.3 is 0 Å². The molecule has 0 fully saturated rings. The molecular weight excluding hydrogens is 224 g/mol. The highest BCUT2D eigenvalue weighted by Gasteiger charge is 2.10. The van der Waals surface area contributed by atoms with Crippen molar-refractivity contribution in [3.63, 3.8) is 0 Å². The lowest BCUT2D eigenvalue weighted by Crippen LogP contribution is -2.08. The molecule has 0 radical (unpaired) electrons. The van der Waals surface area contributed by atoms with Gasteiger partial charge in [-0.05, 0) is 24.3 Å². The van der Waals surface area contributed by atoms with Crippen LogP contribution in [-0.2, 0) is 14.3 Å². The second-order valence-corrected chi connectivity index (χ2v) is 5.74. The maximum Gasteiger partial charge on any atom is 0.267 e. The summed E-state index contributed by atoms with van der Waals surface area (Å²) in [6.45, 7) is 2.11. The van der Waals surface area contributed by atoms with Crippen molar-refractivity contribution in [3.05, 3.63) is 35.9 Å². The van der Waals surface area contributed by atoms with Crippen LogP contribution in [0.25, 0.3) is 0 Å². The van der Waals surface area contributed by atoms with E-state index in [1.165, 1.54) is 12.7 Å². The van der Waals surface area contributed by atoms with E-state index in [2.05, 4.69) is 23.2 Å². The molecule has 0 saturated carbocycles. The fraction of sp³-hybridized carbons (Fsp3) is 0.500. The molecular formula is C12H18O3S. The SMILES string of the molecule is COS(=O)(=O)CCCC(C)c1ccccc1. The molecule has 4 heteroatoms. The van der Waals surface area contributed by atoms with Crippen LogP contribution in [0.1, 0.15) is 31.2 Å². The maximum absolute atomic E-state index is 11.1. The van der Waals surface area contributed by atoms with Crippen LogP contribution in [-0.4, -0.2) is 21.3 Å². The van der Waals surface area contributed by atoms with Crippen molar-refractivity contribution in [2.75, 3.05) is 12.9 Å². The van der Waals surface area contributed by atoms with E-state index in [1.54, 1.807) is 0 Å². The quantitative estimate of drug-likeness (QED) is 0.720. The van der Waals surface area contributed by atoms with Gasteiger partial charge in [-0.1, -0.05) is 37.3 Å². The summed E-state index contributed by atoms with van der Waals surface area (Å²) in [6, 6.07) is 10.1. The Hall–Kier alpha value is -0.870. The van der Waals surface area contributed by atoms with Crippen LogP contribution < -0.4 is 0 Å². The van der Waals surface area contributed by atoms with Crippen LogP contribution in [0.5, 0.6) is 0 Å². The molecule has 0 N–H and O–H groups in total. The standard InChI is InChI=1S/C12H18O3S/c1-11(12-8-4-3-5-9-12)7-6-10-16(13,14)15-2/h3-5,8-9,11H,6-7,10H2,1-2H3. The summed E-state index contributed by atoms with van der Waals surface area (Å²) in [6.07, 6.45) is 1.48. The first kappa shape index (κ1) is 13.2. The first-order chi connectivity index (χ1) is 7.55. The summed E-state index contributed by atoms with van der Waals surface area (Å²) < 4.78 is 26.6. The Balaban J connectivity index is 2.40. The van der Waals surface area contributed by atoms with Crippen molar-refractivity contribution in [1.82, 2.24) is 0 Å². The highest BCUT2D eigenvalue weighted by atomic mass is 32.2. The average molecular weight is 242 g/mol. The predicted molar refractivity (Wildman–Crippen MR) is 64.9 cm³/mol. The summed E-state index contributed by atoms with van der Waals surface area (Å²) in [5.74, 6) is 0.481. The minimum atomic E-state index is -3.30. The third-order valence-electron chi connectivity index (χ3n) is 2.65. The molecule has 0 aliphatic carbocycles. The maximum atomic E-state index is 11.1. The lowest BCUT2D eigenvalue weighted by atomic mass is 9.97. The Bertz CT molecular complexity index is 398. The second kappa shape index (κ2) is 6.01. The predicted octanol–water partition coefficient (Wildman–Crippen LogP) is 2.55. The molecule has 0 spiro atoms. The Morgan fingerprint density at radius 1 is 1.25 bits per heavy atom. The van der Waals surface area contributed by atoms with E-state index in [-0.39, 0.29) is 5.75 Å². The fourth-order valence-electron chi connectivity index (χ4n) is 1.60. The molecule has 1 aromatic carbocycles. The van der Waals surface area contributed by atoms with Crippen LogP contribution >= 0.6 is 0 Å². The van der Waals surface area contributed by atoms with Crippen molar-refractivity contribution in [1.29, 1.82) is 0 Å². The largest absolute Gasteiger partial charge is 0.273 e. The Morgan fingerprint density at radius 3 is 2.44 bits per heavy atom. The molecule has 0 bridgehead atoms.